The van der Waals surface area contributed by atoms with Crippen LogP contribution in [0.4, 0.5) is 39.8 Å². The number of nitro groups is 5. The Bertz CT molecular complexity index is 1790. The third kappa shape index (κ3) is 6.13. The van der Waals surface area contributed by atoms with Crippen molar-refractivity contribution in [1.29, 1.82) is 5.41 Å². The Morgan fingerprint density at radius 3 is 1.63 bits per heavy atom. The standard InChI is InChI=1S/C22H14N10O11/c23-22-20(27-25-16-7-5-14(30(37)38)10-18(16)32(41)42)19(21(43-22)11-2-1-3-12(8-11)28(33)34)26-24-15-6-4-13(29(35)36)9-17(15)31(39)40/h1-10,21,23-25H/b23-22?,26-19-,27-20+/t21-/m1/s1. The molecule has 0 bridgehead atoms. The van der Waals surface area contributed by atoms with Crippen molar-refractivity contribution in [2.45, 2.75) is 6.10 Å². The van der Waals surface area contributed by atoms with Gasteiger partial charge in [-0.2, -0.15) is 10.2 Å². The number of hydrogen-bond donors (Lipinski definition) is 3. The van der Waals surface area contributed by atoms with Gasteiger partial charge in [0, 0.05) is 29.8 Å². The van der Waals surface area contributed by atoms with Gasteiger partial charge < -0.3 is 4.74 Å². The number of hydrazone groups is 2. The van der Waals surface area contributed by atoms with Gasteiger partial charge in [-0.3, -0.25) is 66.8 Å². The minimum absolute atomic E-state index is 0.101. The number of non-ortho nitro benzene ring substituents is 3. The smallest absolute Gasteiger partial charge is 0.301 e. The first-order valence-electron chi connectivity index (χ1n) is 11.4. The van der Waals surface area contributed by atoms with Gasteiger partial charge >= 0.3 is 11.4 Å². The summed E-state index contributed by atoms with van der Waals surface area (Å²) in [4.78, 5) is 52.3. The molecule has 1 fully saturated rings. The van der Waals surface area contributed by atoms with E-state index in [0.29, 0.717) is 12.1 Å². The zero-order valence-corrected chi connectivity index (χ0v) is 21.0. The summed E-state index contributed by atoms with van der Waals surface area (Å²) in [6.45, 7) is 0. The van der Waals surface area contributed by atoms with E-state index in [1.165, 1.54) is 18.2 Å². The number of nitrogens with one attached hydrogen (secondary N) is 3. The molecule has 0 radical (unpaired) electrons. The molecule has 218 valence electrons. The van der Waals surface area contributed by atoms with Crippen LogP contribution in [0.1, 0.15) is 11.7 Å². The Balaban J connectivity index is 1.80. The summed E-state index contributed by atoms with van der Waals surface area (Å²) in [5.74, 6) is -0.674. The van der Waals surface area contributed by atoms with Crippen LogP contribution in [0.5, 0.6) is 0 Å². The van der Waals surface area contributed by atoms with Crippen LogP contribution >= 0.6 is 0 Å². The molecule has 1 aliphatic rings. The lowest BCUT2D eigenvalue weighted by molar-refractivity contribution is -0.393. The molecule has 4 rings (SSSR count). The van der Waals surface area contributed by atoms with Gasteiger partial charge in [0.05, 0.1) is 36.7 Å². The predicted molar refractivity (Wildman–Crippen MR) is 146 cm³/mol. The molecule has 3 aromatic carbocycles. The molecule has 1 aliphatic heterocycles. The van der Waals surface area contributed by atoms with Crippen LogP contribution in [0.3, 0.4) is 0 Å². The van der Waals surface area contributed by atoms with Gasteiger partial charge in [0.25, 0.3) is 17.1 Å². The molecule has 3 aromatic rings. The van der Waals surface area contributed by atoms with Crippen molar-refractivity contribution in [2.24, 2.45) is 10.2 Å². The van der Waals surface area contributed by atoms with Gasteiger partial charge in [-0.25, -0.2) is 0 Å². The van der Waals surface area contributed by atoms with Gasteiger partial charge in [-0.1, -0.05) is 12.1 Å². The molecule has 21 nitrogen and oxygen atoms in total. The number of rotatable bonds is 10. The second-order valence-corrected chi connectivity index (χ2v) is 8.29. The third-order valence-corrected chi connectivity index (χ3v) is 5.69. The molecule has 1 atom stereocenters. The van der Waals surface area contributed by atoms with Gasteiger partial charge in [-0.05, 0) is 12.1 Å². The highest BCUT2D eigenvalue weighted by Gasteiger charge is 2.38. The minimum atomic E-state index is -1.36. The lowest BCUT2D eigenvalue weighted by Gasteiger charge is -2.11. The average molecular weight is 594 g/mol. The van der Waals surface area contributed by atoms with Crippen molar-refractivity contribution in [1.82, 2.24) is 0 Å². The van der Waals surface area contributed by atoms with Crippen molar-refractivity contribution >= 4 is 57.1 Å². The van der Waals surface area contributed by atoms with Crippen molar-refractivity contribution in [3.63, 3.8) is 0 Å². The van der Waals surface area contributed by atoms with E-state index < -0.39 is 65.1 Å². The van der Waals surface area contributed by atoms with Crippen LogP contribution in [-0.4, -0.2) is 41.9 Å². The summed E-state index contributed by atoms with van der Waals surface area (Å²) in [6, 6.07) is 10.3. The topological polar surface area (TPSA) is 298 Å². The Kier molecular flexibility index (Phi) is 7.89. The maximum Gasteiger partial charge on any atom is 0.301 e. The summed E-state index contributed by atoms with van der Waals surface area (Å²) in [7, 11) is 0. The number of ether oxygens (including phenoxy) is 1. The van der Waals surface area contributed by atoms with E-state index in [0.717, 1.165) is 30.3 Å². The van der Waals surface area contributed by atoms with Crippen LogP contribution in [0.2, 0.25) is 0 Å². The Hall–Kier alpha value is -6.93. The van der Waals surface area contributed by atoms with E-state index in [2.05, 4.69) is 21.1 Å². The van der Waals surface area contributed by atoms with Gasteiger partial charge in [0.2, 0.25) is 5.90 Å². The Labute approximate surface area is 236 Å². The van der Waals surface area contributed by atoms with Crippen LogP contribution < -0.4 is 10.9 Å². The van der Waals surface area contributed by atoms with Crippen molar-refractivity contribution < 1.29 is 29.4 Å². The molecular formula is C22H14N10O11. The molecular weight excluding hydrogens is 580 g/mol. The first-order valence-corrected chi connectivity index (χ1v) is 11.4. The monoisotopic (exact) mass is 594 g/mol. The van der Waals surface area contributed by atoms with Crippen molar-refractivity contribution in [3.05, 3.63) is 117 Å². The minimum Gasteiger partial charge on any atom is -0.461 e. The summed E-state index contributed by atoms with van der Waals surface area (Å²) < 4.78 is 5.51. The van der Waals surface area contributed by atoms with Gasteiger partial charge in [-0.15, -0.1) is 0 Å². The molecule has 1 saturated heterocycles. The molecule has 0 amide bonds. The number of nitrogens with zero attached hydrogens (tertiary/aromatic N) is 7. The van der Waals surface area contributed by atoms with E-state index in [9.17, 15) is 50.6 Å². The quantitative estimate of drug-likeness (QED) is 0.219. The van der Waals surface area contributed by atoms with E-state index >= 15 is 0 Å². The van der Waals surface area contributed by atoms with Crippen molar-refractivity contribution in [3.8, 4) is 0 Å². The van der Waals surface area contributed by atoms with Crippen molar-refractivity contribution in [2.75, 3.05) is 10.9 Å². The van der Waals surface area contributed by atoms with E-state index in [1.807, 2.05) is 0 Å². The maximum atomic E-state index is 11.5. The average Bonchev–Trinajstić information content (AvgIpc) is 3.29. The summed E-state index contributed by atoms with van der Waals surface area (Å²) in [5.41, 5.74) is 0.441. The number of hydrogen-bond acceptors (Lipinski definition) is 16. The van der Waals surface area contributed by atoms with Crippen LogP contribution in [0.15, 0.2) is 70.9 Å². The third-order valence-electron chi connectivity index (χ3n) is 5.69. The largest absolute Gasteiger partial charge is 0.461 e. The zero-order chi connectivity index (χ0) is 31.4. The normalized spacial score (nSPS) is 16.0. The summed E-state index contributed by atoms with van der Waals surface area (Å²) >= 11 is 0. The lowest BCUT2D eigenvalue weighted by Crippen LogP contribution is -2.20. The lowest BCUT2D eigenvalue weighted by atomic mass is 10.0. The zero-order valence-electron chi connectivity index (χ0n) is 21.0. The van der Waals surface area contributed by atoms with Gasteiger partial charge in [0.15, 0.2) is 11.8 Å². The molecule has 0 aliphatic carbocycles. The molecule has 0 aromatic heterocycles. The molecule has 0 spiro atoms. The Morgan fingerprint density at radius 2 is 1.14 bits per heavy atom. The predicted octanol–water partition coefficient (Wildman–Crippen LogP) is 4.21. The van der Waals surface area contributed by atoms with Crippen LogP contribution in [0, 0.1) is 56.0 Å². The number of nitro benzene ring substituents is 5. The number of benzene rings is 3. The number of anilines is 2. The second kappa shape index (κ2) is 11.7. The molecule has 3 N–H and O–H groups in total. The molecule has 43 heavy (non-hydrogen) atoms. The fourth-order valence-corrected chi connectivity index (χ4v) is 3.71. The summed E-state index contributed by atoms with van der Waals surface area (Å²) in [5, 5.41) is 72.7. The fourth-order valence-electron chi connectivity index (χ4n) is 3.71. The highest BCUT2D eigenvalue weighted by atomic mass is 16.6. The van der Waals surface area contributed by atoms with Crippen LogP contribution in [0.25, 0.3) is 0 Å². The first-order chi connectivity index (χ1) is 20.4. The van der Waals surface area contributed by atoms with Crippen LogP contribution in [-0.2, 0) is 4.74 Å². The maximum absolute atomic E-state index is 11.5. The Morgan fingerprint density at radius 1 is 0.651 bits per heavy atom. The molecule has 21 heteroatoms. The second-order valence-electron chi connectivity index (χ2n) is 8.29. The summed E-state index contributed by atoms with van der Waals surface area (Å²) in [6.07, 6.45) is -1.36. The molecule has 0 saturated carbocycles. The first kappa shape index (κ1) is 29.1. The molecule has 1 heterocycles. The van der Waals surface area contributed by atoms with E-state index in [1.54, 1.807) is 0 Å². The van der Waals surface area contributed by atoms with E-state index in [4.69, 9.17) is 10.1 Å². The van der Waals surface area contributed by atoms with Gasteiger partial charge in [0.1, 0.15) is 17.1 Å². The van der Waals surface area contributed by atoms with E-state index in [-0.39, 0.29) is 28.3 Å². The SMILES string of the molecule is N=C1O[C@H](c2cccc([N+](=O)[O-])c2)C(=N\Nc2ccc([N+](=O)[O-])cc2[N+](=O)[O-])/C1=N\Nc1ccc([N+](=O)[O-])cc1[N+](=O)[O-]. The highest BCUT2D eigenvalue weighted by molar-refractivity contribution is 6.69. The molecule has 0 unspecified atom stereocenters. The fraction of sp³-hybridized carbons (Fsp3) is 0.0455. The highest BCUT2D eigenvalue weighted by Crippen LogP contribution is 2.33.